The molecule has 1 aromatic rings. The molecule has 1 heterocycles. The molecule has 0 saturated carbocycles. The lowest BCUT2D eigenvalue weighted by molar-refractivity contribution is -0.138. The van der Waals surface area contributed by atoms with Crippen molar-refractivity contribution in [2.45, 2.75) is 25.1 Å². The Morgan fingerprint density at radius 2 is 2.00 bits per heavy atom. The third-order valence-corrected chi connectivity index (χ3v) is 3.08. The minimum absolute atomic E-state index is 0.119. The second-order valence-corrected chi connectivity index (χ2v) is 4.56. The molecule has 7 heteroatoms. The zero-order chi connectivity index (χ0) is 14.8. The first-order valence-electron chi connectivity index (χ1n) is 6.11. The van der Waals surface area contributed by atoms with Gasteiger partial charge in [0.1, 0.15) is 0 Å². The van der Waals surface area contributed by atoms with Crippen LogP contribution in [0.5, 0.6) is 0 Å². The van der Waals surface area contributed by atoms with Crippen LogP contribution in [0, 0.1) is 0 Å². The normalized spacial score (nSPS) is 19.4. The predicted molar refractivity (Wildman–Crippen MR) is 64.9 cm³/mol. The van der Waals surface area contributed by atoms with E-state index in [4.69, 9.17) is 0 Å². The summed E-state index contributed by atoms with van der Waals surface area (Å²) in [5.41, 5.74) is -1.37. The second-order valence-electron chi connectivity index (χ2n) is 4.56. The monoisotopic (exact) mass is 286 g/mol. The maximum absolute atomic E-state index is 12.8. The molecule has 1 atom stereocenters. The van der Waals surface area contributed by atoms with E-state index in [1.165, 1.54) is 12.1 Å². The van der Waals surface area contributed by atoms with E-state index in [9.17, 15) is 22.8 Å². The molecule has 20 heavy (non-hydrogen) atoms. The zero-order valence-corrected chi connectivity index (χ0v) is 10.5. The van der Waals surface area contributed by atoms with E-state index in [1.807, 2.05) is 0 Å². The number of amides is 2. The summed E-state index contributed by atoms with van der Waals surface area (Å²) in [4.78, 5) is 22.9. The quantitative estimate of drug-likeness (QED) is 0.869. The molecular weight excluding hydrogens is 273 g/mol. The number of benzene rings is 1. The molecule has 1 aliphatic heterocycles. The number of carbonyl (C=O) groups is 2. The van der Waals surface area contributed by atoms with Crippen LogP contribution in [-0.4, -0.2) is 24.4 Å². The van der Waals surface area contributed by atoms with Gasteiger partial charge in [-0.25, -0.2) is 0 Å². The first kappa shape index (κ1) is 14.4. The molecule has 108 valence electrons. The van der Waals surface area contributed by atoms with E-state index in [-0.39, 0.29) is 24.9 Å². The Morgan fingerprint density at radius 1 is 1.30 bits per heavy atom. The maximum Gasteiger partial charge on any atom is 0.417 e. The topological polar surface area (TPSA) is 58.2 Å². The fourth-order valence-corrected chi connectivity index (χ4v) is 2.05. The van der Waals surface area contributed by atoms with Gasteiger partial charge in [0.25, 0.3) is 5.91 Å². The van der Waals surface area contributed by atoms with Crippen molar-refractivity contribution in [2.75, 3.05) is 6.54 Å². The van der Waals surface area contributed by atoms with Gasteiger partial charge in [0.2, 0.25) is 5.91 Å². The highest BCUT2D eigenvalue weighted by molar-refractivity contribution is 5.96. The molecule has 1 aromatic carbocycles. The predicted octanol–water partition coefficient (Wildman–Crippen LogP) is 1.71. The van der Waals surface area contributed by atoms with Crippen LogP contribution in [0.1, 0.15) is 28.8 Å². The molecule has 0 bridgehead atoms. The van der Waals surface area contributed by atoms with E-state index in [0.29, 0.717) is 6.42 Å². The minimum Gasteiger partial charge on any atom is -0.354 e. The summed E-state index contributed by atoms with van der Waals surface area (Å²) in [7, 11) is 0. The number of rotatable bonds is 2. The first-order chi connectivity index (χ1) is 9.38. The highest BCUT2D eigenvalue weighted by Gasteiger charge is 2.35. The number of halogens is 3. The Labute approximate surface area is 113 Å². The molecule has 1 unspecified atom stereocenters. The van der Waals surface area contributed by atoms with Crippen LogP contribution < -0.4 is 10.6 Å². The summed E-state index contributed by atoms with van der Waals surface area (Å²) >= 11 is 0. The molecule has 1 fully saturated rings. The highest BCUT2D eigenvalue weighted by Crippen LogP contribution is 2.31. The summed E-state index contributed by atoms with van der Waals surface area (Å²) in [5, 5.41) is 5.07. The molecule has 2 rings (SSSR count). The molecule has 1 aliphatic rings. The van der Waals surface area contributed by atoms with Gasteiger partial charge in [0.15, 0.2) is 0 Å². The van der Waals surface area contributed by atoms with Crippen LogP contribution in [0.15, 0.2) is 24.3 Å². The van der Waals surface area contributed by atoms with E-state index < -0.39 is 23.2 Å². The fraction of sp³-hybridized carbons (Fsp3) is 0.385. The van der Waals surface area contributed by atoms with Gasteiger partial charge in [0, 0.05) is 19.0 Å². The average molecular weight is 286 g/mol. The van der Waals surface area contributed by atoms with Gasteiger partial charge in [-0.1, -0.05) is 12.1 Å². The highest BCUT2D eigenvalue weighted by atomic mass is 19.4. The van der Waals surface area contributed by atoms with Crippen LogP contribution in [0.3, 0.4) is 0 Å². The Kier molecular flexibility index (Phi) is 3.96. The van der Waals surface area contributed by atoms with Gasteiger partial charge in [-0.2, -0.15) is 13.2 Å². The molecule has 1 saturated heterocycles. The van der Waals surface area contributed by atoms with Gasteiger partial charge >= 0.3 is 6.18 Å². The molecule has 0 radical (unpaired) electrons. The van der Waals surface area contributed by atoms with Crippen molar-refractivity contribution in [1.29, 1.82) is 0 Å². The van der Waals surface area contributed by atoms with Crippen molar-refractivity contribution in [3.8, 4) is 0 Å². The zero-order valence-electron chi connectivity index (χ0n) is 10.5. The van der Waals surface area contributed by atoms with Gasteiger partial charge in [-0.05, 0) is 18.6 Å². The summed E-state index contributed by atoms with van der Waals surface area (Å²) < 4.78 is 38.4. The first-order valence-corrected chi connectivity index (χ1v) is 6.11. The molecule has 2 N–H and O–H groups in total. The molecule has 0 spiro atoms. The third-order valence-electron chi connectivity index (χ3n) is 3.08. The smallest absolute Gasteiger partial charge is 0.354 e. The van der Waals surface area contributed by atoms with E-state index >= 15 is 0 Å². The lowest BCUT2D eigenvalue weighted by Crippen LogP contribution is -2.48. The van der Waals surface area contributed by atoms with Gasteiger partial charge in [-0.3, -0.25) is 9.59 Å². The number of hydrogen-bond acceptors (Lipinski definition) is 2. The number of hydrogen-bond donors (Lipinski definition) is 2. The number of carbonyl (C=O) groups excluding carboxylic acids is 2. The van der Waals surface area contributed by atoms with E-state index in [0.717, 1.165) is 12.1 Å². The Balaban J connectivity index is 2.12. The summed E-state index contributed by atoms with van der Waals surface area (Å²) in [6.07, 6.45) is -3.90. The van der Waals surface area contributed by atoms with Crippen LogP contribution in [0.2, 0.25) is 0 Å². The molecule has 0 aromatic heterocycles. The van der Waals surface area contributed by atoms with Gasteiger partial charge in [-0.15, -0.1) is 0 Å². The SMILES string of the molecule is O=C1CCC(NC(=O)c2ccccc2C(F)(F)F)CN1. The maximum atomic E-state index is 12.8. The van der Waals surface area contributed by atoms with Crippen molar-refractivity contribution in [2.24, 2.45) is 0 Å². The lowest BCUT2D eigenvalue weighted by atomic mass is 10.0. The van der Waals surface area contributed by atoms with Crippen LogP contribution in [0.4, 0.5) is 13.2 Å². The van der Waals surface area contributed by atoms with Crippen LogP contribution in [0.25, 0.3) is 0 Å². The Hall–Kier alpha value is -2.05. The molecule has 0 aliphatic carbocycles. The van der Waals surface area contributed by atoms with Crippen LogP contribution in [-0.2, 0) is 11.0 Å². The third kappa shape index (κ3) is 3.28. The summed E-state index contributed by atoms with van der Waals surface area (Å²) in [6.45, 7) is 0.235. The van der Waals surface area contributed by atoms with Crippen molar-refractivity contribution in [3.63, 3.8) is 0 Å². The van der Waals surface area contributed by atoms with Crippen molar-refractivity contribution < 1.29 is 22.8 Å². The van der Waals surface area contributed by atoms with E-state index in [2.05, 4.69) is 10.6 Å². The molecule has 2 amide bonds. The average Bonchev–Trinajstić information content (AvgIpc) is 2.40. The number of alkyl halides is 3. The summed E-state index contributed by atoms with van der Waals surface area (Å²) in [5.74, 6) is -0.898. The summed E-state index contributed by atoms with van der Waals surface area (Å²) in [6, 6.07) is 4.28. The standard InChI is InChI=1S/C13H13F3N2O2/c14-13(15,16)10-4-2-1-3-9(10)12(20)18-8-5-6-11(19)17-7-8/h1-4,8H,5-7H2,(H,17,19)(H,18,20). The number of nitrogens with one attached hydrogen (secondary N) is 2. The van der Waals surface area contributed by atoms with Gasteiger partial charge < -0.3 is 10.6 Å². The Morgan fingerprint density at radius 3 is 2.60 bits per heavy atom. The van der Waals surface area contributed by atoms with Crippen LogP contribution >= 0.6 is 0 Å². The van der Waals surface area contributed by atoms with Crippen molar-refractivity contribution >= 4 is 11.8 Å². The molecular formula is C13H13F3N2O2. The largest absolute Gasteiger partial charge is 0.417 e. The van der Waals surface area contributed by atoms with E-state index in [1.54, 1.807) is 0 Å². The van der Waals surface area contributed by atoms with Gasteiger partial charge in [0.05, 0.1) is 11.1 Å². The minimum atomic E-state index is -4.57. The number of piperidine rings is 1. The van der Waals surface area contributed by atoms with Crippen molar-refractivity contribution in [1.82, 2.24) is 10.6 Å². The Bertz CT molecular complexity index is 519. The van der Waals surface area contributed by atoms with Crippen molar-refractivity contribution in [3.05, 3.63) is 35.4 Å². The lowest BCUT2D eigenvalue weighted by Gasteiger charge is -2.24. The second kappa shape index (κ2) is 5.52. The molecule has 4 nitrogen and oxygen atoms in total. The fourth-order valence-electron chi connectivity index (χ4n) is 2.05.